The van der Waals surface area contributed by atoms with Crippen molar-refractivity contribution in [3.8, 4) is 17.2 Å². The molecule has 2 N–H and O–H groups in total. The zero-order valence-electron chi connectivity index (χ0n) is 16.3. The Bertz CT molecular complexity index is 1220. The lowest BCUT2D eigenvalue weighted by Crippen LogP contribution is -2.34. The van der Waals surface area contributed by atoms with E-state index in [1.165, 1.54) is 7.11 Å². The van der Waals surface area contributed by atoms with E-state index in [0.717, 1.165) is 11.1 Å². The maximum Gasteiger partial charge on any atom is 0.261 e. The van der Waals surface area contributed by atoms with Crippen LogP contribution in [-0.4, -0.2) is 28.1 Å². The van der Waals surface area contributed by atoms with Crippen molar-refractivity contribution in [2.75, 3.05) is 12.4 Å². The van der Waals surface area contributed by atoms with E-state index in [1.54, 1.807) is 24.4 Å². The van der Waals surface area contributed by atoms with Crippen LogP contribution < -0.4 is 15.4 Å². The van der Waals surface area contributed by atoms with E-state index in [9.17, 15) is 4.79 Å². The third-order valence-corrected chi connectivity index (χ3v) is 4.62. The van der Waals surface area contributed by atoms with Crippen LogP contribution in [0, 0.1) is 6.92 Å². The molecular formula is C22H18N4O3S. The van der Waals surface area contributed by atoms with Crippen molar-refractivity contribution in [3.05, 3.63) is 71.9 Å². The number of aryl methyl sites for hydroxylation is 1. The Hall–Kier alpha value is -3.78. The number of aromatic nitrogens is 2. The van der Waals surface area contributed by atoms with Crippen LogP contribution in [0.4, 0.5) is 5.69 Å². The number of thiocarbonyl (C=S) groups is 1. The Kier molecular flexibility index (Phi) is 5.40. The Morgan fingerprint density at radius 2 is 1.97 bits per heavy atom. The van der Waals surface area contributed by atoms with E-state index >= 15 is 0 Å². The molecule has 0 aliphatic carbocycles. The molecule has 2 aromatic carbocycles. The number of hydrogen-bond acceptors (Lipinski definition) is 6. The Labute approximate surface area is 178 Å². The number of para-hydroxylation sites is 1. The van der Waals surface area contributed by atoms with Crippen molar-refractivity contribution < 1.29 is 13.9 Å². The van der Waals surface area contributed by atoms with Gasteiger partial charge in [-0.1, -0.05) is 18.2 Å². The number of nitrogens with one attached hydrogen (secondary N) is 2. The van der Waals surface area contributed by atoms with Gasteiger partial charge in [-0.05, 0) is 61.1 Å². The number of anilines is 1. The Morgan fingerprint density at radius 1 is 1.13 bits per heavy atom. The maximum atomic E-state index is 12.6. The number of nitrogens with zero attached hydrogens (tertiary/aromatic N) is 2. The first-order chi connectivity index (χ1) is 14.5. The molecule has 0 spiro atoms. The Balaban J connectivity index is 1.49. The van der Waals surface area contributed by atoms with Gasteiger partial charge >= 0.3 is 0 Å². The number of carbonyl (C=O) groups excluding carboxylic acids is 1. The highest BCUT2D eigenvalue weighted by Gasteiger charge is 2.15. The average Bonchev–Trinajstić information content (AvgIpc) is 3.18. The highest BCUT2D eigenvalue weighted by atomic mass is 32.1. The monoisotopic (exact) mass is 418 g/mol. The summed E-state index contributed by atoms with van der Waals surface area (Å²) in [6.45, 7) is 1.87. The first kappa shape index (κ1) is 19.5. The van der Waals surface area contributed by atoms with Gasteiger partial charge in [0.05, 0.1) is 12.7 Å². The summed E-state index contributed by atoms with van der Waals surface area (Å²) >= 11 is 5.30. The van der Waals surface area contributed by atoms with Gasteiger partial charge in [-0.15, -0.1) is 0 Å². The average molecular weight is 418 g/mol. The van der Waals surface area contributed by atoms with Crippen LogP contribution in [0.15, 0.2) is 65.2 Å². The molecule has 0 aliphatic rings. The van der Waals surface area contributed by atoms with Crippen molar-refractivity contribution in [2.45, 2.75) is 6.92 Å². The van der Waals surface area contributed by atoms with E-state index in [0.29, 0.717) is 34.1 Å². The number of methoxy groups -OCH3 is 1. The lowest BCUT2D eigenvalue weighted by atomic mass is 10.1. The summed E-state index contributed by atoms with van der Waals surface area (Å²) in [7, 11) is 1.53. The largest absolute Gasteiger partial charge is 0.496 e. The number of benzene rings is 2. The van der Waals surface area contributed by atoms with Crippen LogP contribution >= 0.6 is 12.2 Å². The lowest BCUT2D eigenvalue weighted by molar-refractivity contribution is 0.0974. The molecule has 0 fully saturated rings. The summed E-state index contributed by atoms with van der Waals surface area (Å²) in [4.78, 5) is 21.2. The number of pyridine rings is 1. The van der Waals surface area contributed by atoms with E-state index in [2.05, 4.69) is 20.6 Å². The van der Waals surface area contributed by atoms with Gasteiger partial charge in [0.25, 0.3) is 5.91 Å². The smallest absolute Gasteiger partial charge is 0.261 e. The SMILES string of the molecule is COc1c(C)cccc1C(=O)NC(=S)Nc1cccc(-c2nc3ncccc3o2)c1. The molecule has 30 heavy (non-hydrogen) atoms. The topological polar surface area (TPSA) is 89.3 Å². The van der Waals surface area contributed by atoms with Gasteiger partial charge in [0, 0.05) is 17.4 Å². The molecule has 0 saturated carbocycles. The minimum Gasteiger partial charge on any atom is -0.496 e. The van der Waals surface area contributed by atoms with Crippen LogP contribution in [0.2, 0.25) is 0 Å². The fourth-order valence-corrected chi connectivity index (χ4v) is 3.27. The summed E-state index contributed by atoms with van der Waals surface area (Å²) in [5.41, 5.74) is 3.87. The zero-order chi connectivity index (χ0) is 21.1. The lowest BCUT2D eigenvalue weighted by Gasteiger charge is -2.13. The predicted molar refractivity (Wildman–Crippen MR) is 119 cm³/mol. The number of hydrogen-bond donors (Lipinski definition) is 2. The number of amides is 1. The summed E-state index contributed by atoms with van der Waals surface area (Å²) in [5.74, 6) is 0.616. The van der Waals surface area contributed by atoms with Crippen LogP contribution in [0.1, 0.15) is 15.9 Å². The molecule has 2 aromatic heterocycles. The molecule has 7 nitrogen and oxygen atoms in total. The van der Waals surface area contributed by atoms with Gasteiger partial charge in [0.1, 0.15) is 5.75 Å². The number of carbonyl (C=O) groups is 1. The predicted octanol–water partition coefficient (Wildman–Crippen LogP) is 4.33. The molecule has 2 heterocycles. The molecule has 0 bridgehead atoms. The number of oxazole rings is 1. The molecule has 4 rings (SSSR count). The summed E-state index contributed by atoms with van der Waals surface area (Å²) < 4.78 is 11.1. The third-order valence-electron chi connectivity index (χ3n) is 4.42. The minimum atomic E-state index is -0.353. The minimum absolute atomic E-state index is 0.167. The van der Waals surface area contributed by atoms with E-state index in [-0.39, 0.29) is 11.0 Å². The summed E-state index contributed by atoms with van der Waals surface area (Å²) in [6, 6.07) is 16.3. The van der Waals surface area contributed by atoms with Crippen molar-refractivity contribution >= 4 is 40.2 Å². The summed E-state index contributed by atoms with van der Waals surface area (Å²) in [6.07, 6.45) is 1.66. The molecule has 150 valence electrons. The Morgan fingerprint density at radius 3 is 2.77 bits per heavy atom. The highest BCUT2D eigenvalue weighted by molar-refractivity contribution is 7.80. The van der Waals surface area contributed by atoms with Crippen molar-refractivity contribution in [3.63, 3.8) is 0 Å². The van der Waals surface area contributed by atoms with Gasteiger partial charge in [0.2, 0.25) is 5.89 Å². The number of fused-ring (bicyclic) bond motifs is 1. The quantitative estimate of drug-likeness (QED) is 0.477. The van der Waals surface area contributed by atoms with Crippen molar-refractivity contribution in [2.24, 2.45) is 0 Å². The molecule has 0 unspecified atom stereocenters. The summed E-state index contributed by atoms with van der Waals surface area (Å²) in [5, 5.41) is 5.86. The highest BCUT2D eigenvalue weighted by Crippen LogP contribution is 2.25. The first-order valence-electron chi connectivity index (χ1n) is 9.13. The fourth-order valence-electron chi connectivity index (χ4n) is 3.06. The molecule has 4 aromatic rings. The van der Waals surface area contributed by atoms with Crippen molar-refractivity contribution in [1.29, 1.82) is 0 Å². The fraction of sp³-hybridized carbons (Fsp3) is 0.0909. The molecule has 0 atom stereocenters. The second-order valence-electron chi connectivity index (χ2n) is 6.49. The molecule has 8 heteroatoms. The first-order valence-corrected chi connectivity index (χ1v) is 9.54. The van der Waals surface area contributed by atoms with Crippen molar-refractivity contribution in [1.82, 2.24) is 15.3 Å². The third kappa shape index (κ3) is 3.99. The van der Waals surface area contributed by atoms with E-state index < -0.39 is 0 Å². The molecular weight excluding hydrogens is 400 g/mol. The number of ether oxygens (including phenoxy) is 1. The molecule has 0 saturated heterocycles. The molecule has 1 amide bonds. The van der Waals surface area contributed by atoms with E-state index in [4.69, 9.17) is 21.4 Å². The van der Waals surface area contributed by atoms with Crippen LogP contribution in [0.3, 0.4) is 0 Å². The van der Waals surface area contributed by atoms with Gasteiger partial charge in [-0.25, -0.2) is 4.98 Å². The zero-order valence-corrected chi connectivity index (χ0v) is 17.1. The van der Waals surface area contributed by atoms with Crippen LogP contribution in [0.25, 0.3) is 22.7 Å². The van der Waals surface area contributed by atoms with Crippen LogP contribution in [0.5, 0.6) is 5.75 Å². The molecule has 0 radical (unpaired) electrons. The van der Waals surface area contributed by atoms with Gasteiger partial charge in [-0.2, -0.15) is 4.98 Å². The standard InChI is InChI=1S/C22H18N4O3S/c1-13-6-3-9-16(18(13)28-2)20(27)26-22(30)24-15-8-4-7-14(12-15)21-25-19-17(29-21)10-5-11-23-19/h3-12H,1-2H3,(H2,24,26,27,30). The van der Waals surface area contributed by atoms with Gasteiger partial charge in [-0.3, -0.25) is 10.1 Å². The van der Waals surface area contributed by atoms with Gasteiger partial charge in [0.15, 0.2) is 16.3 Å². The molecule has 0 aliphatic heterocycles. The second-order valence-corrected chi connectivity index (χ2v) is 6.90. The normalized spacial score (nSPS) is 10.6. The van der Waals surface area contributed by atoms with Gasteiger partial charge < -0.3 is 14.5 Å². The number of rotatable bonds is 4. The maximum absolute atomic E-state index is 12.6. The second kappa shape index (κ2) is 8.30. The van der Waals surface area contributed by atoms with Crippen LogP contribution in [-0.2, 0) is 0 Å². The van der Waals surface area contributed by atoms with E-state index in [1.807, 2.05) is 43.3 Å².